The molecular formula is C16H24ClNO4S. The molecule has 0 bridgehead atoms. The Hall–Kier alpha value is -1.27. The van der Waals surface area contributed by atoms with Crippen molar-refractivity contribution in [3.63, 3.8) is 0 Å². The third-order valence-electron chi connectivity index (χ3n) is 2.99. The Kier molecular flexibility index (Phi) is 9.02. The van der Waals surface area contributed by atoms with Crippen LogP contribution in [-0.4, -0.2) is 41.9 Å². The van der Waals surface area contributed by atoms with Gasteiger partial charge in [0.25, 0.3) is 5.91 Å². The van der Waals surface area contributed by atoms with Crippen LogP contribution in [0.25, 0.3) is 0 Å². The first-order valence-electron chi connectivity index (χ1n) is 7.66. The van der Waals surface area contributed by atoms with Gasteiger partial charge in [-0.2, -0.15) is 0 Å². The molecule has 0 heterocycles. The lowest BCUT2D eigenvalue weighted by atomic mass is 10.2. The third kappa shape index (κ3) is 6.79. The molecule has 0 saturated heterocycles. The van der Waals surface area contributed by atoms with Gasteiger partial charge in [-0.25, -0.2) is 0 Å². The van der Waals surface area contributed by atoms with Gasteiger partial charge in [0.15, 0.2) is 11.5 Å². The summed E-state index contributed by atoms with van der Waals surface area (Å²) in [6.07, 6.45) is 3.53. The average Bonchev–Trinajstić information content (AvgIpc) is 2.49. The van der Waals surface area contributed by atoms with E-state index in [9.17, 15) is 9.00 Å². The molecule has 1 unspecified atom stereocenters. The Labute approximate surface area is 145 Å². The van der Waals surface area contributed by atoms with Crippen molar-refractivity contribution in [2.45, 2.75) is 26.7 Å². The van der Waals surface area contributed by atoms with Gasteiger partial charge in [-0.3, -0.25) is 9.00 Å². The smallest absolute Gasteiger partial charge is 0.251 e. The summed E-state index contributed by atoms with van der Waals surface area (Å²) in [5, 5.41) is 3.06. The number of amides is 1. The molecule has 0 spiro atoms. The van der Waals surface area contributed by atoms with Gasteiger partial charge in [0.05, 0.1) is 18.2 Å². The molecule has 0 radical (unpaired) electrons. The molecule has 0 aromatic heterocycles. The Bertz CT molecular complexity index is 551. The van der Waals surface area contributed by atoms with Crippen molar-refractivity contribution in [3.05, 3.63) is 22.7 Å². The minimum atomic E-state index is -0.944. The van der Waals surface area contributed by atoms with Crippen LogP contribution in [0.1, 0.15) is 37.0 Å². The van der Waals surface area contributed by atoms with E-state index in [4.69, 9.17) is 21.1 Å². The van der Waals surface area contributed by atoms with Crippen LogP contribution in [0.3, 0.4) is 0 Å². The highest BCUT2D eigenvalue weighted by Gasteiger charge is 2.16. The third-order valence-corrected chi connectivity index (χ3v) is 4.05. The Balaban J connectivity index is 2.89. The number of hydrogen-bond acceptors (Lipinski definition) is 4. The molecule has 1 N–H and O–H groups in total. The van der Waals surface area contributed by atoms with E-state index in [-0.39, 0.29) is 5.91 Å². The average molecular weight is 362 g/mol. The first kappa shape index (κ1) is 19.8. The molecular weight excluding hydrogens is 338 g/mol. The fraction of sp³-hybridized carbons (Fsp3) is 0.562. The molecule has 23 heavy (non-hydrogen) atoms. The maximum atomic E-state index is 12.1. The number of carbonyl (C=O) groups excluding carboxylic acids is 1. The second-order valence-corrected chi connectivity index (χ2v) is 6.92. The summed E-state index contributed by atoms with van der Waals surface area (Å²) in [6, 6.07) is 3.18. The van der Waals surface area contributed by atoms with Crippen LogP contribution in [0.15, 0.2) is 12.1 Å². The van der Waals surface area contributed by atoms with Crippen molar-refractivity contribution in [2.24, 2.45) is 0 Å². The van der Waals surface area contributed by atoms with Crippen LogP contribution < -0.4 is 14.8 Å². The van der Waals surface area contributed by atoms with Gasteiger partial charge in [-0.15, -0.1) is 0 Å². The van der Waals surface area contributed by atoms with Gasteiger partial charge in [0.2, 0.25) is 0 Å². The molecule has 7 heteroatoms. The maximum Gasteiger partial charge on any atom is 0.251 e. The maximum absolute atomic E-state index is 12.1. The fourth-order valence-corrected chi connectivity index (χ4v) is 2.49. The highest BCUT2D eigenvalue weighted by molar-refractivity contribution is 7.84. The molecule has 1 aromatic rings. The molecule has 0 aliphatic carbocycles. The number of nitrogens with one attached hydrogen (secondary N) is 1. The van der Waals surface area contributed by atoms with E-state index in [1.807, 2.05) is 6.92 Å². The quantitative estimate of drug-likeness (QED) is 0.650. The second kappa shape index (κ2) is 10.5. The molecule has 0 saturated carbocycles. The highest BCUT2D eigenvalue weighted by atomic mass is 35.5. The predicted molar refractivity (Wildman–Crippen MR) is 94.3 cm³/mol. The number of unbranched alkanes of at least 4 members (excludes halogenated alkanes) is 1. The van der Waals surface area contributed by atoms with E-state index < -0.39 is 10.8 Å². The predicted octanol–water partition coefficient (Wildman–Crippen LogP) is 3.03. The summed E-state index contributed by atoms with van der Waals surface area (Å²) in [4.78, 5) is 12.1. The lowest BCUT2D eigenvalue weighted by molar-refractivity contribution is 0.0955. The molecule has 1 aromatic carbocycles. The molecule has 1 amide bonds. The molecule has 0 aliphatic heterocycles. The van der Waals surface area contributed by atoms with Crippen LogP contribution in [-0.2, 0) is 10.8 Å². The van der Waals surface area contributed by atoms with Crippen molar-refractivity contribution in [1.82, 2.24) is 5.32 Å². The lowest BCUT2D eigenvalue weighted by Crippen LogP contribution is -2.27. The zero-order valence-electron chi connectivity index (χ0n) is 13.8. The molecule has 5 nitrogen and oxygen atoms in total. The summed E-state index contributed by atoms with van der Waals surface area (Å²) in [5.74, 6) is 1.06. The molecule has 130 valence electrons. The molecule has 1 atom stereocenters. The van der Waals surface area contributed by atoms with E-state index in [2.05, 4.69) is 12.2 Å². The van der Waals surface area contributed by atoms with E-state index >= 15 is 0 Å². The first-order chi connectivity index (χ1) is 11.0. The summed E-state index contributed by atoms with van der Waals surface area (Å²) in [5.41, 5.74) is 0.392. The van der Waals surface area contributed by atoms with E-state index in [1.165, 1.54) is 0 Å². The van der Waals surface area contributed by atoms with Crippen molar-refractivity contribution >= 4 is 28.3 Å². The molecule has 0 aliphatic rings. The van der Waals surface area contributed by atoms with E-state index in [1.54, 1.807) is 18.4 Å². The largest absolute Gasteiger partial charge is 0.490 e. The number of benzene rings is 1. The summed E-state index contributed by atoms with van der Waals surface area (Å²) < 4.78 is 22.3. The van der Waals surface area contributed by atoms with Crippen molar-refractivity contribution in [3.8, 4) is 11.5 Å². The van der Waals surface area contributed by atoms with Crippen molar-refractivity contribution < 1.29 is 18.5 Å². The minimum absolute atomic E-state index is 0.279. The minimum Gasteiger partial charge on any atom is -0.490 e. The number of rotatable bonds is 10. The van der Waals surface area contributed by atoms with Gasteiger partial charge in [-0.05, 0) is 25.5 Å². The Morgan fingerprint density at radius 3 is 2.65 bits per heavy atom. The Morgan fingerprint density at radius 2 is 2.04 bits per heavy atom. The topological polar surface area (TPSA) is 64.6 Å². The van der Waals surface area contributed by atoms with Gasteiger partial charge in [-0.1, -0.05) is 24.9 Å². The highest BCUT2D eigenvalue weighted by Crippen LogP contribution is 2.36. The van der Waals surface area contributed by atoms with Crippen LogP contribution in [0.4, 0.5) is 0 Å². The zero-order chi connectivity index (χ0) is 17.2. The molecule has 0 fully saturated rings. The fourth-order valence-electron chi connectivity index (χ4n) is 1.83. The van der Waals surface area contributed by atoms with Crippen LogP contribution >= 0.6 is 11.6 Å². The molecule has 1 rings (SSSR count). The summed E-state index contributed by atoms with van der Waals surface area (Å²) in [7, 11) is -0.944. The van der Waals surface area contributed by atoms with Crippen LogP contribution in [0.5, 0.6) is 11.5 Å². The number of hydrogen-bond donors (Lipinski definition) is 1. The van der Waals surface area contributed by atoms with Gasteiger partial charge < -0.3 is 14.8 Å². The zero-order valence-corrected chi connectivity index (χ0v) is 15.4. The van der Waals surface area contributed by atoms with Crippen LogP contribution in [0, 0.1) is 0 Å². The van der Waals surface area contributed by atoms with Crippen LogP contribution in [0.2, 0.25) is 5.02 Å². The van der Waals surface area contributed by atoms with E-state index in [0.717, 1.165) is 12.8 Å². The summed E-state index contributed by atoms with van der Waals surface area (Å²) in [6.45, 7) is 5.26. The number of halogens is 1. The summed E-state index contributed by atoms with van der Waals surface area (Å²) >= 11 is 6.24. The van der Waals surface area contributed by atoms with Crippen molar-refractivity contribution in [1.29, 1.82) is 0 Å². The number of carbonyl (C=O) groups is 1. The van der Waals surface area contributed by atoms with Gasteiger partial charge >= 0.3 is 0 Å². The SMILES string of the molecule is CCCCOc1c(Cl)cc(C(=O)NCCS(C)=O)cc1OCC. The van der Waals surface area contributed by atoms with E-state index in [0.29, 0.717) is 47.6 Å². The number of ether oxygens (including phenoxy) is 2. The van der Waals surface area contributed by atoms with Gasteiger partial charge in [0, 0.05) is 34.9 Å². The van der Waals surface area contributed by atoms with Crippen molar-refractivity contribution in [2.75, 3.05) is 31.8 Å². The first-order valence-corrected chi connectivity index (χ1v) is 9.77. The normalized spacial score (nSPS) is 11.8. The Morgan fingerprint density at radius 1 is 1.30 bits per heavy atom. The second-order valence-electron chi connectivity index (χ2n) is 4.95. The van der Waals surface area contributed by atoms with Gasteiger partial charge in [0.1, 0.15) is 0 Å². The standard InChI is InChI=1S/C16H24ClNO4S/c1-4-6-8-22-15-13(17)10-12(11-14(15)21-5-2)16(19)18-7-9-23(3)20/h10-11H,4-9H2,1-3H3,(H,18,19). The monoisotopic (exact) mass is 361 g/mol. The lowest BCUT2D eigenvalue weighted by Gasteiger charge is -2.15.